The molecule has 2 aliphatic rings. The third kappa shape index (κ3) is 4.48. The molecule has 0 bridgehead atoms. The van der Waals surface area contributed by atoms with Crippen molar-refractivity contribution in [2.75, 3.05) is 13.1 Å². The van der Waals surface area contributed by atoms with Gasteiger partial charge in [-0.25, -0.2) is 9.18 Å². The SMILES string of the molecule is CCC(Cc1ccc(Br)cc1F)N1CC2C(C1)C2C(OC(N)=O)C(C)(C)C. The van der Waals surface area contributed by atoms with E-state index in [-0.39, 0.29) is 17.3 Å². The Morgan fingerprint density at radius 2 is 2.00 bits per heavy atom. The number of hydrogen-bond donors (Lipinski definition) is 1. The average Bonchev–Trinajstić information content (AvgIpc) is 3.02. The van der Waals surface area contributed by atoms with Gasteiger partial charge in [-0.05, 0) is 47.8 Å². The number of carbonyl (C=O) groups excluding carboxylic acids is 1. The monoisotopic (exact) mass is 440 g/mol. The summed E-state index contributed by atoms with van der Waals surface area (Å²) in [5, 5.41) is 0. The number of primary amides is 1. The number of benzene rings is 1. The number of ether oxygens (including phenoxy) is 1. The zero-order valence-corrected chi connectivity index (χ0v) is 18.1. The summed E-state index contributed by atoms with van der Waals surface area (Å²) in [6.07, 6.45) is 0.880. The van der Waals surface area contributed by atoms with Gasteiger partial charge in [0.2, 0.25) is 0 Å². The van der Waals surface area contributed by atoms with Gasteiger partial charge >= 0.3 is 6.09 Å². The Hall–Kier alpha value is -1.14. The molecule has 2 fully saturated rings. The Balaban J connectivity index is 1.63. The third-order valence-electron chi connectivity index (χ3n) is 6.19. The van der Waals surface area contributed by atoms with Crippen molar-refractivity contribution in [1.29, 1.82) is 0 Å². The van der Waals surface area contributed by atoms with Crippen LogP contribution in [0.5, 0.6) is 0 Å². The van der Waals surface area contributed by atoms with Gasteiger partial charge < -0.3 is 10.5 Å². The van der Waals surface area contributed by atoms with Gasteiger partial charge in [0.05, 0.1) is 0 Å². The quantitative estimate of drug-likeness (QED) is 0.702. The molecular formula is C21H30BrFN2O2. The predicted octanol–water partition coefficient (Wildman–Crippen LogP) is 4.60. The molecule has 2 N–H and O–H groups in total. The lowest BCUT2D eigenvalue weighted by molar-refractivity contribution is 0.00848. The number of piperidine rings is 1. The molecule has 4 unspecified atom stereocenters. The molecule has 1 amide bonds. The van der Waals surface area contributed by atoms with Crippen LogP contribution in [0.25, 0.3) is 0 Å². The van der Waals surface area contributed by atoms with Crippen LogP contribution in [0.2, 0.25) is 0 Å². The fourth-order valence-electron chi connectivity index (χ4n) is 4.78. The first-order valence-corrected chi connectivity index (χ1v) is 10.5. The van der Waals surface area contributed by atoms with Gasteiger partial charge in [-0.2, -0.15) is 0 Å². The van der Waals surface area contributed by atoms with Crippen molar-refractivity contribution in [3.8, 4) is 0 Å². The summed E-state index contributed by atoms with van der Waals surface area (Å²) >= 11 is 3.32. The van der Waals surface area contributed by atoms with E-state index >= 15 is 0 Å². The molecule has 6 heteroatoms. The number of hydrogen-bond acceptors (Lipinski definition) is 3. The minimum atomic E-state index is -0.686. The summed E-state index contributed by atoms with van der Waals surface area (Å²) in [7, 11) is 0. The van der Waals surface area contributed by atoms with E-state index in [1.54, 1.807) is 0 Å². The second-order valence-corrected chi connectivity index (χ2v) is 10.0. The van der Waals surface area contributed by atoms with Crippen molar-refractivity contribution in [3.05, 3.63) is 34.1 Å². The zero-order chi connectivity index (χ0) is 19.9. The number of likely N-dealkylation sites (tertiary alicyclic amines) is 1. The Bertz CT molecular complexity index is 694. The fraction of sp³-hybridized carbons (Fsp3) is 0.667. The van der Waals surface area contributed by atoms with E-state index in [4.69, 9.17) is 10.5 Å². The van der Waals surface area contributed by atoms with E-state index < -0.39 is 6.09 Å². The molecule has 1 saturated carbocycles. The summed E-state index contributed by atoms with van der Waals surface area (Å²) in [4.78, 5) is 13.8. The maximum Gasteiger partial charge on any atom is 0.404 e. The summed E-state index contributed by atoms with van der Waals surface area (Å²) in [5.41, 5.74) is 5.95. The number of halogens is 2. The number of nitrogens with two attached hydrogens (primary N) is 1. The molecule has 0 aromatic heterocycles. The number of carbonyl (C=O) groups is 1. The highest BCUT2D eigenvalue weighted by Crippen LogP contribution is 2.57. The van der Waals surface area contributed by atoms with Gasteiger partial charge in [0, 0.05) is 29.5 Å². The smallest absolute Gasteiger partial charge is 0.404 e. The maximum absolute atomic E-state index is 14.2. The van der Waals surface area contributed by atoms with E-state index in [2.05, 4.69) is 48.5 Å². The lowest BCUT2D eigenvalue weighted by Gasteiger charge is -2.34. The Morgan fingerprint density at radius 1 is 1.37 bits per heavy atom. The van der Waals surface area contributed by atoms with Crippen LogP contribution in [0.4, 0.5) is 9.18 Å². The topological polar surface area (TPSA) is 55.6 Å². The highest BCUT2D eigenvalue weighted by atomic mass is 79.9. The summed E-state index contributed by atoms with van der Waals surface area (Å²) in [6, 6.07) is 5.64. The van der Waals surface area contributed by atoms with Gasteiger partial charge in [0.1, 0.15) is 11.9 Å². The third-order valence-corrected chi connectivity index (χ3v) is 6.69. The van der Waals surface area contributed by atoms with Crippen LogP contribution in [0, 0.1) is 29.0 Å². The summed E-state index contributed by atoms with van der Waals surface area (Å²) in [6.45, 7) is 10.4. The van der Waals surface area contributed by atoms with E-state index in [1.165, 1.54) is 6.07 Å². The second kappa shape index (κ2) is 7.70. The molecule has 150 valence electrons. The molecular weight excluding hydrogens is 411 g/mol. The zero-order valence-electron chi connectivity index (χ0n) is 16.5. The number of rotatable bonds is 6. The molecule has 3 rings (SSSR count). The highest BCUT2D eigenvalue weighted by Gasteiger charge is 2.62. The molecule has 1 heterocycles. The van der Waals surface area contributed by atoms with Crippen molar-refractivity contribution in [3.63, 3.8) is 0 Å². The predicted molar refractivity (Wildman–Crippen MR) is 108 cm³/mol. The van der Waals surface area contributed by atoms with Crippen LogP contribution in [0.1, 0.15) is 39.7 Å². The molecule has 1 aromatic rings. The molecule has 1 aliphatic carbocycles. The van der Waals surface area contributed by atoms with Gasteiger partial charge in [-0.3, -0.25) is 4.90 Å². The first-order valence-electron chi connectivity index (χ1n) is 9.75. The van der Waals surface area contributed by atoms with Gasteiger partial charge in [0.15, 0.2) is 0 Å². The first-order chi connectivity index (χ1) is 12.6. The Kier molecular flexibility index (Phi) is 5.88. The van der Waals surface area contributed by atoms with Gasteiger partial charge in [-0.15, -0.1) is 0 Å². The standard InChI is InChI=1S/C21H30BrFN2O2/c1-5-14(8-12-6-7-13(22)9-17(12)23)25-10-15-16(11-25)18(15)19(21(2,3)4)27-20(24)26/h6-7,9,14-16,18-19H,5,8,10-11H2,1-4H3,(H2,24,26). The molecule has 1 saturated heterocycles. The van der Waals surface area contributed by atoms with Crippen LogP contribution in [-0.2, 0) is 11.2 Å². The molecule has 1 aromatic carbocycles. The van der Waals surface area contributed by atoms with E-state index in [0.29, 0.717) is 23.8 Å². The molecule has 4 nitrogen and oxygen atoms in total. The van der Waals surface area contributed by atoms with E-state index in [9.17, 15) is 9.18 Å². The minimum absolute atomic E-state index is 0.125. The lowest BCUT2D eigenvalue weighted by atomic mass is 9.84. The van der Waals surface area contributed by atoms with Crippen molar-refractivity contribution in [1.82, 2.24) is 4.90 Å². The first kappa shape index (κ1) is 20.6. The lowest BCUT2D eigenvalue weighted by Crippen LogP contribution is -2.41. The van der Waals surface area contributed by atoms with Crippen LogP contribution in [-0.4, -0.2) is 36.2 Å². The normalized spacial score (nSPS) is 27.1. The summed E-state index contributed by atoms with van der Waals surface area (Å²) in [5.74, 6) is 1.32. The Morgan fingerprint density at radius 3 is 2.48 bits per heavy atom. The molecule has 1 aliphatic heterocycles. The van der Waals surface area contributed by atoms with Crippen molar-refractivity contribution in [2.45, 2.75) is 52.7 Å². The fourth-order valence-corrected chi connectivity index (χ4v) is 5.12. The number of amides is 1. The minimum Gasteiger partial charge on any atom is -0.446 e. The van der Waals surface area contributed by atoms with Crippen molar-refractivity contribution < 1.29 is 13.9 Å². The van der Waals surface area contributed by atoms with E-state index in [1.807, 2.05) is 12.1 Å². The van der Waals surface area contributed by atoms with Crippen LogP contribution in [0.15, 0.2) is 22.7 Å². The molecule has 0 radical (unpaired) electrons. The molecule has 27 heavy (non-hydrogen) atoms. The Labute approximate surface area is 169 Å². The van der Waals surface area contributed by atoms with Gasteiger partial charge in [-0.1, -0.05) is 49.7 Å². The van der Waals surface area contributed by atoms with Crippen LogP contribution >= 0.6 is 15.9 Å². The van der Waals surface area contributed by atoms with Crippen LogP contribution < -0.4 is 5.73 Å². The van der Waals surface area contributed by atoms with Crippen molar-refractivity contribution in [2.24, 2.45) is 28.9 Å². The highest BCUT2D eigenvalue weighted by molar-refractivity contribution is 9.10. The molecule has 0 spiro atoms. The van der Waals surface area contributed by atoms with Gasteiger partial charge in [0.25, 0.3) is 0 Å². The van der Waals surface area contributed by atoms with E-state index in [0.717, 1.165) is 36.0 Å². The van der Waals surface area contributed by atoms with Crippen molar-refractivity contribution >= 4 is 22.0 Å². The maximum atomic E-state index is 14.2. The molecule has 4 atom stereocenters. The average molecular weight is 441 g/mol. The summed E-state index contributed by atoms with van der Waals surface area (Å²) < 4.78 is 20.5. The second-order valence-electron chi connectivity index (χ2n) is 9.08. The van der Waals surface area contributed by atoms with Crippen LogP contribution in [0.3, 0.4) is 0 Å². The largest absolute Gasteiger partial charge is 0.446 e. The number of fused-ring (bicyclic) bond motifs is 1. The number of nitrogens with zero attached hydrogens (tertiary/aromatic N) is 1.